The lowest BCUT2D eigenvalue weighted by Crippen LogP contribution is -2.39. The third kappa shape index (κ3) is 5.42. The molecule has 0 bridgehead atoms. The van der Waals surface area contributed by atoms with Gasteiger partial charge in [0.05, 0.1) is 0 Å². The third-order valence-corrected chi connectivity index (χ3v) is 4.37. The topological polar surface area (TPSA) is 12.0 Å². The molecule has 17 heavy (non-hydrogen) atoms. The van der Waals surface area contributed by atoms with Crippen molar-refractivity contribution in [2.45, 2.75) is 78.7 Å². The monoisotopic (exact) mass is 239 g/mol. The minimum Gasteiger partial charge on any atom is -0.314 e. The van der Waals surface area contributed by atoms with E-state index in [2.05, 4.69) is 33.0 Å². The second kappa shape index (κ2) is 8.13. The Morgan fingerprint density at radius 3 is 2.18 bits per heavy atom. The summed E-state index contributed by atoms with van der Waals surface area (Å²) < 4.78 is 0. The summed E-state index contributed by atoms with van der Waals surface area (Å²) in [6.07, 6.45) is 9.90. The van der Waals surface area contributed by atoms with Gasteiger partial charge >= 0.3 is 0 Å². The molecule has 0 amide bonds. The van der Waals surface area contributed by atoms with Gasteiger partial charge in [-0.05, 0) is 50.0 Å². The summed E-state index contributed by atoms with van der Waals surface area (Å²) >= 11 is 0. The van der Waals surface area contributed by atoms with E-state index in [1.54, 1.807) is 0 Å². The van der Waals surface area contributed by atoms with Crippen molar-refractivity contribution in [3.8, 4) is 0 Å². The molecule has 1 aliphatic carbocycles. The van der Waals surface area contributed by atoms with Crippen molar-refractivity contribution in [2.75, 3.05) is 6.54 Å². The first-order valence-corrected chi connectivity index (χ1v) is 7.90. The molecule has 1 saturated carbocycles. The van der Waals surface area contributed by atoms with E-state index in [-0.39, 0.29) is 0 Å². The molecule has 3 atom stereocenters. The fraction of sp³-hybridized carbons (Fsp3) is 1.00. The van der Waals surface area contributed by atoms with Crippen LogP contribution in [-0.2, 0) is 0 Å². The smallest absolute Gasteiger partial charge is 0.00954 e. The van der Waals surface area contributed by atoms with Crippen LogP contribution in [0.2, 0.25) is 0 Å². The third-order valence-electron chi connectivity index (χ3n) is 4.37. The Kier molecular flexibility index (Phi) is 7.18. The highest BCUT2D eigenvalue weighted by Gasteiger charge is 2.29. The van der Waals surface area contributed by atoms with Crippen molar-refractivity contribution in [3.05, 3.63) is 0 Å². The molecule has 1 heteroatoms. The molecular formula is C16H33N. The predicted molar refractivity (Wildman–Crippen MR) is 77.3 cm³/mol. The summed E-state index contributed by atoms with van der Waals surface area (Å²) in [6.45, 7) is 10.6. The van der Waals surface area contributed by atoms with Gasteiger partial charge in [-0.25, -0.2) is 0 Å². The molecule has 1 rings (SSSR count). The summed E-state index contributed by atoms with van der Waals surface area (Å²) in [6, 6.07) is 0.789. The van der Waals surface area contributed by atoms with Crippen LogP contribution in [0.5, 0.6) is 0 Å². The zero-order chi connectivity index (χ0) is 12.7. The maximum Gasteiger partial charge on any atom is 0.00954 e. The minimum atomic E-state index is 0.789. The van der Waals surface area contributed by atoms with Crippen LogP contribution in [0.25, 0.3) is 0 Å². The van der Waals surface area contributed by atoms with E-state index < -0.39 is 0 Å². The second-order valence-corrected chi connectivity index (χ2v) is 6.34. The van der Waals surface area contributed by atoms with Gasteiger partial charge in [0.1, 0.15) is 0 Å². The van der Waals surface area contributed by atoms with Crippen LogP contribution < -0.4 is 5.32 Å². The molecule has 0 radical (unpaired) electrons. The molecule has 0 saturated heterocycles. The zero-order valence-corrected chi connectivity index (χ0v) is 12.5. The van der Waals surface area contributed by atoms with Crippen LogP contribution in [0.1, 0.15) is 72.6 Å². The van der Waals surface area contributed by atoms with Crippen LogP contribution in [0.15, 0.2) is 0 Å². The van der Waals surface area contributed by atoms with Crippen LogP contribution in [0.4, 0.5) is 0 Å². The number of hydrogen-bond donors (Lipinski definition) is 1. The molecule has 1 nitrogen and oxygen atoms in total. The average molecular weight is 239 g/mol. The summed E-state index contributed by atoms with van der Waals surface area (Å²) in [5.74, 6) is 2.82. The molecule has 1 aliphatic rings. The molecule has 0 aromatic carbocycles. The highest BCUT2D eigenvalue weighted by molar-refractivity contribution is 4.83. The maximum atomic E-state index is 3.75. The van der Waals surface area contributed by atoms with Crippen LogP contribution in [0, 0.1) is 17.8 Å². The SMILES string of the molecule is CCCCCC(NCC)C1CC(C)CC(C)C1. The molecule has 0 aliphatic heterocycles. The van der Waals surface area contributed by atoms with Gasteiger partial charge in [-0.2, -0.15) is 0 Å². The van der Waals surface area contributed by atoms with E-state index in [0.717, 1.165) is 30.3 Å². The highest BCUT2D eigenvalue weighted by Crippen LogP contribution is 2.35. The van der Waals surface area contributed by atoms with Gasteiger partial charge in [-0.15, -0.1) is 0 Å². The molecule has 0 heterocycles. The van der Waals surface area contributed by atoms with Crippen LogP contribution in [-0.4, -0.2) is 12.6 Å². The number of unbranched alkanes of at least 4 members (excludes halogenated alkanes) is 2. The number of hydrogen-bond acceptors (Lipinski definition) is 1. The molecule has 0 spiro atoms. The minimum absolute atomic E-state index is 0.789. The van der Waals surface area contributed by atoms with Gasteiger partial charge < -0.3 is 5.32 Å². The van der Waals surface area contributed by atoms with Crippen molar-refractivity contribution in [1.29, 1.82) is 0 Å². The van der Waals surface area contributed by atoms with Gasteiger partial charge in [0.15, 0.2) is 0 Å². The normalized spacial score (nSPS) is 31.4. The lowest BCUT2D eigenvalue weighted by atomic mass is 9.73. The molecule has 3 unspecified atom stereocenters. The summed E-state index contributed by atoms with van der Waals surface area (Å²) in [5.41, 5.74) is 0. The Hall–Kier alpha value is -0.0400. The molecule has 1 fully saturated rings. The van der Waals surface area contributed by atoms with Crippen molar-refractivity contribution >= 4 is 0 Å². The van der Waals surface area contributed by atoms with Crippen LogP contribution in [0.3, 0.4) is 0 Å². The highest BCUT2D eigenvalue weighted by atomic mass is 14.9. The standard InChI is InChI=1S/C16H33N/c1-5-7-8-9-16(17-6-2)15-11-13(3)10-14(4)12-15/h13-17H,5-12H2,1-4H3. The van der Waals surface area contributed by atoms with Gasteiger partial charge in [0, 0.05) is 6.04 Å². The van der Waals surface area contributed by atoms with Gasteiger partial charge in [0.25, 0.3) is 0 Å². The molecule has 1 N–H and O–H groups in total. The second-order valence-electron chi connectivity index (χ2n) is 6.34. The van der Waals surface area contributed by atoms with Crippen molar-refractivity contribution in [2.24, 2.45) is 17.8 Å². The largest absolute Gasteiger partial charge is 0.314 e. The maximum absolute atomic E-state index is 3.75. The van der Waals surface area contributed by atoms with E-state index in [4.69, 9.17) is 0 Å². The average Bonchev–Trinajstić information content (AvgIpc) is 2.27. The van der Waals surface area contributed by atoms with E-state index in [1.165, 1.54) is 44.9 Å². The Balaban J connectivity index is 2.43. The Labute approximate surface area is 109 Å². The van der Waals surface area contributed by atoms with E-state index >= 15 is 0 Å². The van der Waals surface area contributed by atoms with Gasteiger partial charge in [-0.1, -0.05) is 47.0 Å². The Morgan fingerprint density at radius 1 is 1.00 bits per heavy atom. The van der Waals surface area contributed by atoms with Crippen molar-refractivity contribution in [3.63, 3.8) is 0 Å². The molecule has 0 aromatic rings. The van der Waals surface area contributed by atoms with Crippen molar-refractivity contribution < 1.29 is 0 Å². The molecule has 0 aromatic heterocycles. The summed E-state index contributed by atoms with van der Waals surface area (Å²) in [5, 5.41) is 3.75. The molecule has 102 valence electrons. The fourth-order valence-electron chi connectivity index (χ4n) is 3.72. The van der Waals surface area contributed by atoms with Crippen LogP contribution >= 0.6 is 0 Å². The number of rotatable bonds is 7. The first-order chi connectivity index (χ1) is 8.17. The fourth-order valence-corrected chi connectivity index (χ4v) is 3.72. The first kappa shape index (κ1) is 15.0. The van der Waals surface area contributed by atoms with Crippen molar-refractivity contribution in [1.82, 2.24) is 5.32 Å². The summed E-state index contributed by atoms with van der Waals surface area (Å²) in [7, 11) is 0. The predicted octanol–water partition coefficient (Wildman–Crippen LogP) is 4.62. The first-order valence-electron chi connectivity index (χ1n) is 7.90. The zero-order valence-electron chi connectivity index (χ0n) is 12.5. The number of nitrogens with one attached hydrogen (secondary N) is 1. The quantitative estimate of drug-likeness (QED) is 0.639. The summed E-state index contributed by atoms with van der Waals surface area (Å²) in [4.78, 5) is 0. The Morgan fingerprint density at radius 2 is 1.65 bits per heavy atom. The van der Waals surface area contributed by atoms with E-state index in [0.29, 0.717) is 0 Å². The Bertz CT molecular complexity index is 180. The lowest BCUT2D eigenvalue weighted by Gasteiger charge is -2.37. The van der Waals surface area contributed by atoms with E-state index in [1.807, 2.05) is 0 Å². The molecular weight excluding hydrogens is 206 g/mol. The van der Waals surface area contributed by atoms with Gasteiger partial charge in [-0.3, -0.25) is 0 Å². The lowest BCUT2D eigenvalue weighted by molar-refractivity contribution is 0.170. The van der Waals surface area contributed by atoms with Gasteiger partial charge in [0.2, 0.25) is 0 Å². The van der Waals surface area contributed by atoms with E-state index in [9.17, 15) is 0 Å².